The predicted octanol–water partition coefficient (Wildman–Crippen LogP) is 7.49. The van der Waals surface area contributed by atoms with Crippen LogP contribution in [0.3, 0.4) is 0 Å². The fourth-order valence-electron chi connectivity index (χ4n) is 4.19. The zero-order chi connectivity index (χ0) is 28.6. The number of ether oxygens (including phenoxy) is 1. The molecule has 0 aliphatic heterocycles. The number of halogens is 2. The fourth-order valence-corrected chi connectivity index (χ4v) is 4.49. The van der Waals surface area contributed by atoms with Crippen molar-refractivity contribution in [2.45, 2.75) is 72.4 Å². The molecule has 2 N–H and O–H groups in total. The van der Waals surface area contributed by atoms with Crippen molar-refractivity contribution in [2.75, 3.05) is 6.54 Å². The van der Waals surface area contributed by atoms with Gasteiger partial charge in [0.25, 0.3) is 5.56 Å². The molecule has 0 spiro atoms. The highest BCUT2D eigenvalue weighted by Gasteiger charge is 2.29. The van der Waals surface area contributed by atoms with Crippen molar-refractivity contribution in [2.24, 2.45) is 0 Å². The number of rotatable bonds is 8. The molecule has 38 heavy (non-hydrogen) atoms. The molecule has 9 heteroatoms. The van der Waals surface area contributed by atoms with Crippen LogP contribution in [0, 0.1) is 0 Å². The lowest BCUT2D eigenvalue weighted by Gasteiger charge is -2.23. The zero-order valence-corrected chi connectivity index (χ0v) is 24.2. The maximum atomic E-state index is 14.0. The minimum atomic E-state index is -1.08. The van der Waals surface area contributed by atoms with Crippen LogP contribution >= 0.6 is 23.2 Å². The Labute approximate surface area is 233 Å². The first-order chi connectivity index (χ1) is 17.9. The van der Waals surface area contributed by atoms with Gasteiger partial charge in [0, 0.05) is 39.6 Å². The molecule has 0 saturated heterocycles. The molecule has 1 atom stereocenters. The molecule has 0 fully saturated rings. The summed E-state index contributed by atoms with van der Waals surface area (Å²) in [4.78, 5) is 38.4. The molecule has 2 aromatic carbocycles. The van der Waals surface area contributed by atoms with Gasteiger partial charge in [-0.15, -0.1) is 0 Å². The quantitative estimate of drug-likeness (QED) is 0.296. The van der Waals surface area contributed by atoms with Gasteiger partial charge in [0.1, 0.15) is 5.60 Å². The second-order valence-corrected chi connectivity index (χ2v) is 10.4. The van der Waals surface area contributed by atoms with Crippen LogP contribution in [-0.2, 0) is 16.1 Å². The van der Waals surface area contributed by atoms with E-state index in [0.29, 0.717) is 38.5 Å². The van der Waals surface area contributed by atoms with Gasteiger partial charge in [-0.05, 0) is 63.1 Å². The number of carboxylic acids is 1. The SMILES string of the molecule is CC.CCC[C@H](C(=O)O)c1c(-c2ccc(Cl)cc2)c2cc(Cl)ccc2n(CCNC(=O)OC(C)(C)C)c1=O. The third-order valence-corrected chi connectivity index (χ3v) is 6.11. The highest BCUT2D eigenvalue weighted by Crippen LogP contribution is 2.37. The van der Waals surface area contributed by atoms with Crippen molar-refractivity contribution in [1.82, 2.24) is 9.88 Å². The Morgan fingerprint density at radius 3 is 2.21 bits per heavy atom. The van der Waals surface area contributed by atoms with Crippen molar-refractivity contribution < 1.29 is 19.4 Å². The Balaban J connectivity index is 0.00000247. The number of alkyl carbamates (subject to hydrolysis) is 1. The number of nitrogens with one attached hydrogen (secondary N) is 1. The van der Waals surface area contributed by atoms with Gasteiger partial charge in [0.15, 0.2) is 0 Å². The molecule has 0 saturated carbocycles. The molecule has 206 valence electrons. The van der Waals surface area contributed by atoms with Crippen molar-refractivity contribution in [3.63, 3.8) is 0 Å². The number of fused-ring (bicyclic) bond motifs is 1. The van der Waals surface area contributed by atoms with Crippen LogP contribution in [0.4, 0.5) is 4.79 Å². The summed E-state index contributed by atoms with van der Waals surface area (Å²) >= 11 is 12.5. The highest BCUT2D eigenvalue weighted by molar-refractivity contribution is 6.31. The number of nitrogens with zero attached hydrogens (tertiary/aromatic N) is 1. The predicted molar refractivity (Wildman–Crippen MR) is 155 cm³/mol. The molecule has 7 nitrogen and oxygen atoms in total. The first kappa shape index (κ1) is 31.2. The second-order valence-electron chi connectivity index (χ2n) is 9.52. The van der Waals surface area contributed by atoms with E-state index in [-0.39, 0.29) is 25.1 Å². The summed E-state index contributed by atoms with van der Waals surface area (Å²) in [6.07, 6.45) is 0.257. The topological polar surface area (TPSA) is 97.6 Å². The van der Waals surface area contributed by atoms with E-state index in [1.54, 1.807) is 63.2 Å². The van der Waals surface area contributed by atoms with Gasteiger partial charge in [0.05, 0.1) is 11.4 Å². The normalized spacial score (nSPS) is 11.9. The lowest BCUT2D eigenvalue weighted by atomic mass is 9.86. The van der Waals surface area contributed by atoms with Gasteiger partial charge in [-0.25, -0.2) is 4.79 Å². The first-order valence-electron chi connectivity index (χ1n) is 12.7. The Morgan fingerprint density at radius 1 is 1.05 bits per heavy atom. The maximum Gasteiger partial charge on any atom is 0.407 e. The number of carboxylic acid groups (broad SMARTS) is 1. The molecular formula is C29H36Cl2N2O5. The van der Waals surface area contributed by atoms with Crippen molar-refractivity contribution >= 4 is 46.2 Å². The molecule has 0 aliphatic rings. The van der Waals surface area contributed by atoms with Crippen LogP contribution in [0.25, 0.3) is 22.0 Å². The lowest BCUT2D eigenvalue weighted by molar-refractivity contribution is -0.139. The maximum absolute atomic E-state index is 14.0. The number of carbonyl (C=O) groups is 2. The minimum absolute atomic E-state index is 0.109. The molecule has 1 aromatic heterocycles. The van der Waals surface area contributed by atoms with Crippen LogP contribution in [0.15, 0.2) is 47.3 Å². The Bertz CT molecular complexity index is 1330. The minimum Gasteiger partial charge on any atom is -0.481 e. The molecule has 0 unspecified atom stereocenters. The average Bonchev–Trinajstić information content (AvgIpc) is 2.84. The Hall–Kier alpha value is -3.03. The number of aromatic nitrogens is 1. The molecule has 3 aromatic rings. The number of carbonyl (C=O) groups excluding carboxylic acids is 1. The molecule has 0 radical (unpaired) electrons. The third-order valence-electron chi connectivity index (χ3n) is 5.62. The first-order valence-corrected chi connectivity index (χ1v) is 13.5. The summed E-state index contributed by atoms with van der Waals surface area (Å²) < 4.78 is 6.77. The number of pyridine rings is 1. The van der Waals surface area contributed by atoms with E-state index in [9.17, 15) is 19.5 Å². The van der Waals surface area contributed by atoms with E-state index in [2.05, 4.69) is 5.32 Å². The average molecular weight is 564 g/mol. The Kier molecular flexibility index (Phi) is 11.2. The summed E-state index contributed by atoms with van der Waals surface area (Å²) in [5, 5.41) is 14.4. The van der Waals surface area contributed by atoms with E-state index in [4.69, 9.17) is 27.9 Å². The second kappa shape index (κ2) is 13.7. The van der Waals surface area contributed by atoms with Crippen LogP contribution in [0.5, 0.6) is 0 Å². The number of aliphatic carboxylic acids is 1. The van der Waals surface area contributed by atoms with Crippen LogP contribution < -0.4 is 10.9 Å². The van der Waals surface area contributed by atoms with Crippen molar-refractivity contribution in [1.29, 1.82) is 0 Å². The number of hydrogen-bond donors (Lipinski definition) is 2. The number of amides is 1. The Morgan fingerprint density at radius 2 is 1.66 bits per heavy atom. The monoisotopic (exact) mass is 562 g/mol. The van der Waals surface area contributed by atoms with Gasteiger partial charge in [-0.3, -0.25) is 9.59 Å². The number of benzene rings is 2. The van der Waals surface area contributed by atoms with Crippen molar-refractivity contribution in [3.05, 3.63) is 68.4 Å². The third kappa shape index (κ3) is 7.74. The van der Waals surface area contributed by atoms with E-state index in [1.807, 2.05) is 20.8 Å². The smallest absolute Gasteiger partial charge is 0.407 e. The summed E-state index contributed by atoms with van der Waals surface area (Å²) in [6.45, 7) is 11.4. The van der Waals surface area contributed by atoms with Gasteiger partial charge in [-0.2, -0.15) is 0 Å². The summed E-state index contributed by atoms with van der Waals surface area (Å²) in [5.74, 6) is -2.11. The van der Waals surface area contributed by atoms with Crippen LogP contribution in [0.2, 0.25) is 10.0 Å². The van der Waals surface area contributed by atoms with Crippen LogP contribution in [-0.4, -0.2) is 33.9 Å². The van der Waals surface area contributed by atoms with Crippen molar-refractivity contribution in [3.8, 4) is 11.1 Å². The van der Waals surface area contributed by atoms with Gasteiger partial charge in [0.2, 0.25) is 0 Å². The summed E-state index contributed by atoms with van der Waals surface area (Å²) in [5.41, 5.74) is 0.851. The summed E-state index contributed by atoms with van der Waals surface area (Å²) in [7, 11) is 0. The summed E-state index contributed by atoms with van der Waals surface area (Å²) in [6, 6.07) is 12.1. The molecular weight excluding hydrogens is 527 g/mol. The van der Waals surface area contributed by atoms with Gasteiger partial charge >= 0.3 is 12.1 Å². The molecule has 1 amide bonds. The van der Waals surface area contributed by atoms with E-state index >= 15 is 0 Å². The van der Waals surface area contributed by atoms with E-state index in [1.165, 1.54) is 4.57 Å². The standard InChI is InChI=1S/C27H30Cl2N2O5.C2H6/c1-5-6-19(25(33)34)23-22(16-7-9-17(28)10-8-16)20-15-18(29)11-12-21(20)31(24(23)32)14-13-30-26(35)36-27(2,3)4;1-2/h7-12,15,19H,5-6,13-14H2,1-4H3,(H,30,35)(H,33,34);1-2H3/t19-;/m0./s1. The number of hydrogen-bond acceptors (Lipinski definition) is 4. The molecule has 0 bridgehead atoms. The largest absolute Gasteiger partial charge is 0.481 e. The molecule has 1 heterocycles. The fraction of sp³-hybridized carbons (Fsp3) is 0.414. The van der Waals surface area contributed by atoms with Crippen LogP contribution in [0.1, 0.15) is 65.9 Å². The van der Waals surface area contributed by atoms with Gasteiger partial charge in [-0.1, -0.05) is 62.5 Å². The molecule has 3 rings (SSSR count). The highest BCUT2D eigenvalue weighted by atomic mass is 35.5. The molecule has 0 aliphatic carbocycles. The van der Waals surface area contributed by atoms with E-state index < -0.39 is 29.1 Å². The van der Waals surface area contributed by atoms with E-state index in [0.717, 1.165) is 0 Å². The zero-order valence-electron chi connectivity index (χ0n) is 22.7. The van der Waals surface area contributed by atoms with Gasteiger partial charge < -0.3 is 19.7 Å². The lowest BCUT2D eigenvalue weighted by Crippen LogP contribution is -2.36.